The van der Waals surface area contributed by atoms with Gasteiger partial charge >= 0.3 is 0 Å². The van der Waals surface area contributed by atoms with Crippen LogP contribution in [-0.2, 0) is 17.2 Å². The number of aromatic nitrogens is 3. The minimum Gasteiger partial charge on any atom is -0.352 e. The lowest BCUT2D eigenvalue weighted by atomic mass is 9.99. The minimum atomic E-state index is -1.70. The maximum absolute atomic E-state index is 14.8. The second kappa shape index (κ2) is 13.4. The van der Waals surface area contributed by atoms with Crippen molar-refractivity contribution in [2.45, 2.75) is 32.3 Å². The first kappa shape index (κ1) is 30.4. The Morgan fingerprint density at radius 1 is 0.929 bits per heavy atom. The Kier molecular flexibility index (Phi) is 9.69. The summed E-state index contributed by atoms with van der Waals surface area (Å²) in [6.07, 6.45) is 2.03. The third kappa shape index (κ3) is 6.33. The number of pyridine rings is 1. The summed E-state index contributed by atoms with van der Waals surface area (Å²) in [4.78, 5) is 34.7. The quantitative estimate of drug-likeness (QED) is 0.244. The van der Waals surface area contributed by atoms with Crippen LogP contribution in [0.1, 0.15) is 35.3 Å². The maximum atomic E-state index is 14.8. The van der Waals surface area contributed by atoms with E-state index in [1.54, 1.807) is 18.2 Å². The number of para-hydroxylation sites is 1. The van der Waals surface area contributed by atoms with Crippen LogP contribution >= 0.6 is 0 Å². The summed E-state index contributed by atoms with van der Waals surface area (Å²) in [6.45, 7) is 6.25. The number of benzene rings is 3. The highest BCUT2D eigenvalue weighted by Crippen LogP contribution is 2.31. The first-order valence-corrected chi connectivity index (χ1v) is 14.9. The first-order chi connectivity index (χ1) is 20.2. The molecule has 3 aromatic carbocycles. The van der Waals surface area contributed by atoms with Crippen molar-refractivity contribution < 1.29 is 17.8 Å². The zero-order valence-corrected chi connectivity index (χ0v) is 24.5. The van der Waals surface area contributed by atoms with E-state index in [0.717, 1.165) is 27.8 Å². The van der Waals surface area contributed by atoms with Gasteiger partial charge in [0.15, 0.2) is 5.65 Å². The molecule has 0 aliphatic carbocycles. The second-order valence-electron chi connectivity index (χ2n) is 9.14. The van der Waals surface area contributed by atoms with Crippen LogP contribution in [0.4, 0.5) is 8.78 Å². The Morgan fingerprint density at radius 3 is 2.29 bits per heavy atom. The molecule has 5 rings (SSSR count). The molecule has 0 bridgehead atoms. The highest BCUT2D eigenvalue weighted by Gasteiger charge is 2.21. The van der Waals surface area contributed by atoms with Crippen LogP contribution in [0.25, 0.3) is 28.0 Å². The van der Waals surface area contributed by atoms with Crippen LogP contribution in [-0.4, -0.2) is 37.5 Å². The van der Waals surface area contributed by atoms with Gasteiger partial charge in [-0.2, -0.15) is 0 Å². The number of aryl methyl sites for hydroxylation is 1. The van der Waals surface area contributed by atoms with Crippen molar-refractivity contribution in [1.29, 1.82) is 0 Å². The van der Waals surface area contributed by atoms with Crippen LogP contribution in [0.5, 0.6) is 0 Å². The highest BCUT2D eigenvalue weighted by atomic mass is 32.2. The lowest BCUT2D eigenvalue weighted by Gasteiger charge is -2.15. The minimum absolute atomic E-state index is 0.108. The van der Waals surface area contributed by atoms with E-state index in [1.165, 1.54) is 24.5 Å². The summed E-state index contributed by atoms with van der Waals surface area (Å²) < 4.78 is 42.9. The molecule has 7 nitrogen and oxygen atoms in total. The summed E-state index contributed by atoms with van der Waals surface area (Å²) in [7, 11) is -1.70. The van der Waals surface area contributed by atoms with E-state index in [0.29, 0.717) is 29.5 Å². The molecular formula is C32H30F2N4O3S. The predicted molar refractivity (Wildman–Crippen MR) is 161 cm³/mol. The number of hydrogen-bond donors (Lipinski definition) is 1. The third-order valence-electron chi connectivity index (χ3n) is 6.44. The molecule has 0 aliphatic rings. The number of amides is 1. The van der Waals surface area contributed by atoms with E-state index < -0.39 is 33.7 Å². The molecule has 216 valence electrons. The van der Waals surface area contributed by atoms with E-state index in [4.69, 9.17) is 0 Å². The molecule has 0 saturated carbocycles. The average Bonchev–Trinajstić information content (AvgIpc) is 2.99. The van der Waals surface area contributed by atoms with Gasteiger partial charge in [0.2, 0.25) is 5.16 Å². The summed E-state index contributed by atoms with van der Waals surface area (Å²) in [5.41, 5.74) is 1.57. The monoisotopic (exact) mass is 588 g/mol. The summed E-state index contributed by atoms with van der Waals surface area (Å²) >= 11 is 0. The molecule has 42 heavy (non-hydrogen) atoms. The van der Waals surface area contributed by atoms with Gasteiger partial charge in [-0.05, 0) is 54.8 Å². The number of fused-ring (bicyclic) bond motifs is 1. The van der Waals surface area contributed by atoms with Gasteiger partial charge in [-0.25, -0.2) is 18.7 Å². The average molecular weight is 589 g/mol. The van der Waals surface area contributed by atoms with Crippen molar-refractivity contribution in [3.05, 3.63) is 118 Å². The molecule has 1 amide bonds. The first-order valence-electron chi connectivity index (χ1n) is 13.4. The number of nitrogens with one attached hydrogen (secondary N) is 1. The topological polar surface area (TPSA) is 94.0 Å². The molecular weight excluding hydrogens is 558 g/mol. The van der Waals surface area contributed by atoms with E-state index in [-0.39, 0.29) is 22.4 Å². The van der Waals surface area contributed by atoms with E-state index in [2.05, 4.69) is 15.3 Å². The molecule has 0 spiro atoms. The van der Waals surface area contributed by atoms with Crippen molar-refractivity contribution in [3.8, 4) is 16.9 Å². The van der Waals surface area contributed by atoms with Crippen molar-refractivity contribution in [2.24, 2.45) is 0 Å². The molecule has 0 saturated heterocycles. The number of nitrogens with zero attached hydrogens (tertiary/aromatic N) is 3. The summed E-state index contributed by atoms with van der Waals surface area (Å²) in [5.74, 6) is -2.21. The zero-order chi connectivity index (χ0) is 30.4. The lowest BCUT2D eigenvalue weighted by Crippen LogP contribution is -2.25. The van der Waals surface area contributed by atoms with Crippen LogP contribution in [0.3, 0.4) is 0 Å². The number of halogens is 2. The second-order valence-corrected chi connectivity index (χ2v) is 10.4. The van der Waals surface area contributed by atoms with E-state index in [9.17, 15) is 22.6 Å². The predicted octanol–water partition coefficient (Wildman–Crippen LogP) is 5.77. The number of carbonyl (C=O) groups excluding carboxylic acids is 1. The number of carbonyl (C=O) groups is 1. The molecule has 2 heterocycles. The largest absolute Gasteiger partial charge is 0.352 e. The molecule has 2 aromatic heterocycles. The number of hydrogen-bond acceptors (Lipinski definition) is 5. The van der Waals surface area contributed by atoms with E-state index in [1.807, 2.05) is 51.1 Å². The fourth-order valence-corrected chi connectivity index (χ4v) is 4.87. The van der Waals surface area contributed by atoms with Crippen LogP contribution in [0.15, 0.2) is 88.8 Å². The van der Waals surface area contributed by atoms with Crippen molar-refractivity contribution >= 4 is 27.7 Å². The zero-order valence-electron chi connectivity index (χ0n) is 23.7. The van der Waals surface area contributed by atoms with Gasteiger partial charge in [-0.3, -0.25) is 18.4 Å². The van der Waals surface area contributed by atoms with Gasteiger partial charge < -0.3 is 5.32 Å². The van der Waals surface area contributed by atoms with Crippen molar-refractivity contribution in [3.63, 3.8) is 0 Å². The van der Waals surface area contributed by atoms with Gasteiger partial charge in [0.05, 0.1) is 16.5 Å². The lowest BCUT2D eigenvalue weighted by molar-refractivity contribution is 0.0954. The Hall–Kier alpha value is -4.57. The van der Waals surface area contributed by atoms with Crippen LogP contribution in [0.2, 0.25) is 0 Å². The van der Waals surface area contributed by atoms with E-state index >= 15 is 0 Å². The van der Waals surface area contributed by atoms with Gasteiger partial charge in [0.25, 0.3) is 11.5 Å². The molecule has 0 fully saturated rings. The SMILES string of the molecule is CC.Cc1ccc(C(=O)NCCc2ccccc2)cc1-c1nc(S(C)=O)nc2c1ccc(=O)n2-c1c(F)cccc1F. The fourth-order valence-electron chi connectivity index (χ4n) is 4.43. The summed E-state index contributed by atoms with van der Waals surface area (Å²) in [5, 5.41) is 3.08. The molecule has 1 unspecified atom stereocenters. The Balaban J connectivity index is 0.00000198. The Bertz CT molecular complexity index is 1820. The highest BCUT2D eigenvalue weighted by molar-refractivity contribution is 7.84. The number of rotatable bonds is 7. The van der Waals surface area contributed by atoms with Crippen LogP contribution < -0.4 is 10.9 Å². The fraction of sp³-hybridized carbons (Fsp3) is 0.188. The smallest absolute Gasteiger partial charge is 0.256 e. The normalized spacial score (nSPS) is 11.5. The molecule has 10 heteroatoms. The summed E-state index contributed by atoms with van der Waals surface area (Å²) in [6, 6.07) is 20.7. The van der Waals surface area contributed by atoms with Gasteiger partial charge in [0, 0.05) is 35.4 Å². The standard InChI is InChI=1S/C30H24F2N4O3S.C2H6/c1-18-11-12-20(29(38)33-16-15-19-7-4-3-5-8-19)17-22(18)26-21-13-14-25(37)36(27-23(31)9-6-10-24(27)32)28(21)35-30(34-26)40(2)39;1-2/h3-14,17H,15-16H2,1-2H3,(H,33,38);1-2H3. The molecule has 5 aromatic rings. The van der Waals surface area contributed by atoms with Gasteiger partial charge in [-0.1, -0.05) is 56.3 Å². The van der Waals surface area contributed by atoms with Gasteiger partial charge in [-0.15, -0.1) is 0 Å². The molecule has 1 N–H and O–H groups in total. The Labute approximate surface area is 244 Å². The third-order valence-corrected chi connectivity index (χ3v) is 7.14. The van der Waals surface area contributed by atoms with Crippen LogP contribution in [0, 0.1) is 18.6 Å². The van der Waals surface area contributed by atoms with Crippen molar-refractivity contribution in [2.75, 3.05) is 12.8 Å². The maximum Gasteiger partial charge on any atom is 0.256 e. The molecule has 1 atom stereocenters. The molecule has 0 aliphatic heterocycles. The van der Waals surface area contributed by atoms with Crippen molar-refractivity contribution in [1.82, 2.24) is 19.9 Å². The molecule has 0 radical (unpaired) electrons. The van der Waals surface area contributed by atoms with Gasteiger partial charge in [0.1, 0.15) is 17.3 Å². The Morgan fingerprint density at radius 2 is 1.62 bits per heavy atom.